The highest BCUT2D eigenvalue weighted by Gasteiger charge is 2.29. The molecule has 0 unspecified atom stereocenters. The number of hydrogen-bond acceptors (Lipinski definition) is 9. The molecule has 0 bridgehead atoms. The molecular formula is C26H32N2O9S. The van der Waals surface area contributed by atoms with E-state index in [1.165, 1.54) is 52.3 Å². The van der Waals surface area contributed by atoms with Crippen LogP contribution in [0.25, 0.3) is 0 Å². The van der Waals surface area contributed by atoms with Crippen molar-refractivity contribution < 1.29 is 43.2 Å². The Labute approximate surface area is 225 Å². The summed E-state index contributed by atoms with van der Waals surface area (Å²) in [6.07, 6.45) is -0.596. The van der Waals surface area contributed by atoms with Gasteiger partial charge in [-0.05, 0) is 24.1 Å². The van der Waals surface area contributed by atoms with E-state index in [2.05, 4.69) is 10.6 Å². The van der Waals surface area contributed by atoms with Crippen LogP contribution in [0.4, 0.5) is 0 Å². The number of amides is 2. The molecule has 3 N–H and O–H groups in total. The van der Waals surface area contributed by atoms with Gasteiger partial charge in [0, 0.05) is 23.5 Å². The number of carbonyl (C=O) groups excluding carboxylic acids is 3. The molecule has 0 saturated carbocycles. The predicted octanol–water partition coefficient (Wildman–Crippen LogP) is 2.27. The number of hydrogen-bond donors (Lipinski definition) is 3. The molecule has 38 heavy (non-hydrogen) atoms. The first-order chi connectivity index (χ1) is 18.2. The first kappa shape index (κ1) is 30.3. The second-order valence-electron chi connectivity index (χ2n) is 7.96. The van der Waals surface area contributed by atoms with Crippen LogP contribution in [0.3, 0.4) is 0 Å². The standard InChI is InChI=1S/C26H32N2O9S/c1-34-20-12-17(13-21(35-2)23(20)36-3)24(31)27-18(10-11-22(29)30)25(32)28-19(26(33)37-4)15-38-14-16-8-6-5-7-9-16/h5-9,12-13,18-19H,10-11,14-15H2,1-4H3,(H,27,31)(H,28,32)(H,29,30)/t18-,19+/m0/s1. The molecule has 0 saturated heterocycles. The number of nitrogens with one attached hydrogen (secondary N) is 2. The topological polar surface area (TPSA) is 149 Å². The van der Waals surface area contributed by atoms with Crippen LogP contribution >= 0.6 is 11.8 Å². The van der Waals surface area contributed by atoms with Crippen LogP contribution < -0.4 is 24.8 Å². The van der Waals surface area contributed by atoms with Gasteiger partial charge in [-0.1, -0.05) is 30.3 Å². The van der Waals surface area contributed by atoms with Gasteiger partial charge < -0.3 is 34.7 Å². The highest BCUT2D eigenvalue weighted by Crippen LogP contribution is 2.38. The summed E-state index contributed by atoms with van der Waals surface area (Å²) in [5, 5.41) is 14.3. The summed E-state index contributed by atoms with van der Waals surface area (Å²) in [4.78, 5) is 49.7. The Morgan fingerprint density at radius 3 is 2.05 bits per heavy atom. The molecule has 2 rings (SSSR count). The Morgan fingerprint density at radius 2 is 1.53 bits per heavy atom. The molecule has 12 heteroatoms. The van der Waals surface area contributed by atoms with E-state index >= 15 is 0 Å². The maximum absolute atomic E-state index is 13.1. The van der Waals surface area contributed by atoms with Crippen LogP contribution in [0.1, 0.15) is 28.8 Å². The number of benzene rings is 2. The lowest BCUT2D eigenvalue weighted by Gasteiger charge is -2.22. The highest BCUT2D eigenvalue weighted by atomic mass is 32.2. The number of rotatable bonds is 15. The molecular weight excluding hydrogens is 516 g/mol. The molecule has 0 aromatic heterocycles. The molecule has 0 spiro atoms. The molecule has 2 aromatic carbocycles. The normalized spacial score (nSPS) is 12.0. The molecule has 0 radical (unpaired) electrons. The van der Waals surface area contributed by atoms with Crippen molar-refractivity contribution in [1.29, 1.82) is 0 Å². The minimum atomic E-state index is -1.25. The minimum Gasteiger partial charge on any atom is -0.493 e. The number of carboxylic acids is 1. The van der Waals surface area contributed by atoms with Crippen LogP contribution in [0.2, 0.25) is 0 Å². The summed E-state index contributed by atoms with van der Waals surface area (Å²) in [7, 11) is 5.41. The van der Waals surface area contributed by atoms with E-state index in [0.29, 0.717) is 5.75 Å². The van der Waals surface area contributed by atoms with E-state index in [0.717, 1.165) is 5.56 Å². The summed E-state index contributed by atoms with van der Waals surface area (Å²) in [5.41, 5.74) is 1.14. The van der Waals surface area contributed by atoms with Crippen molar-refractivity contribution in [3.8, 4) is 17.2 Å². The molecule has 11 nitrogen and oxygen atoms in total. The fraction of sp³-hybridized carbons (Fsp3) is 0.385. The molecule has 0 aliphatic rings. The zero-order chi connectivity index (χ0) is 28.1. The van der Waals surface area contributed by atoms with Crippen LogP contribution in [0, 0.1) is 0 Å². The van der Waals surface area contributed by atoms with Gasteiger partial charge in [0.25, 0.3) is 5.91 Å². The molecule has 0 fully saturated rings. The van der Waals surface area contributed by atoms with E-state index in [1.54, 1.807) is 0 Å². The Balaban J connectivity index is 2.19. The van der Waals surface area contributed by atoms with Crippen LogP contribution in [-0.4, -0.2) is 75.1 Å². The van der Waals surface area contributed by atoms with Crippen molar-refractivity contribution >= 4 is 35.5 Å². The lowest BCUT2D eigenvalue weighted by molar-refractivity contribution is -0.144. The molecule has 2 amide bonds. The van der Waals surface area contributed by atoms with E-state index in [9.17, 15) is 19.2 Å². The number of carbonyl (C=O) groups is 4. The van der Waals surface area contributed by atoms with Crippen molar-refractivity contribution in [3.63, 3.8) is 0 Å². The largest absolute Gasteiger partial charge is 0.493 e. The van der Waals surface area contributed by atoms with Gasteiger partial charge in [-0.25, -0.2) is 4.79 Å². The first-order valence-corrected chi connectivity index (χ1v) is 12.7. The third-order valence-corrected chi connectivity index (χ3v) is 6.50. The Kier molecular flexibility index (Phi) is 12.2. The quantitative estimate of drug-likeness (QED) is 0.283. The SMILES string of the molecule is COC(=O)[C@@H](CSCc1ccccc1)NC(=O)[C@H](CCC(=O)O)NC(=O)c1cc(OC)c(OC)c(OC)c1. The lowest BCUT2D eigenvalue weighted by atomic mass is 10.1. The van der Waals surface area contributed by atoms with Crippen molar-refractivity contribution in [2.75, 3.05) is 34.2 Å². The monoisotopic (exact) mass is 548 g/mol. The number of esters is 1. The summed E-state index contributed by atoms with van der Waals surface area (Å²) >= 11 is 1.42. The molecule has 0 heterocycles. The van der Waals surface area contributed by atoms with Gasteiger partial charge >= 0.3 is 11.9 Å². The third kappa shape index (κ3) is 8.87. The van der Waals surface area contributed by atoms with Crippen LogP contribution in [0.5, 0.6) is 17.2 Å². The van der Waals surface area contributed by atoms with Gasteiger partial charge in [0.1, 0.15) is 12.1 Å². The van der Waals surface area contributed by atoms with E-state index in [-0.39, 0.29) is 41.4 Å². The highest BCUT2D eigenvalue weighted by molar-refractivity contribution is 7.98. The van der Waals surface area contributed by atoms with E-state index < -0.39 is 35.8 Å². The molecule has 0 aliphatic carbocycles. The fourth-order valence-corrected chi connectivity index (χ4v) is 4.44. The third-order valence-electron chi connectivity index (χ3n) is 5.39. The number of methoxy groups -OCH3 is 4. The van der Waals surface area contributed by atoms with Crippen LogP contribution in [0.15, 0.2) is 42.5 Å². The molecule has 206 valence electrons. The van der Waals surface area contributed by atoms with Gasteiger partial charge in [0.05, 0.1) is 28.4 Å². The average molecular weight is 549 g/mol. The first-order valence-electron chi connectivity index (χ1n) is 11.6. The van der Waals surface area contributed by atoms with Gasteiger partial charge in [-0.15, -0.1) is 0 Å². The zero-order valence-corrected chi connectivity index (χ0v) is 22.5. The lowest BCUT2D eigenvalue weighted by Crippen LogP contribution is -2.52. The van der Waals surface area contributed by atoms with Crippen molar-refractivity contribution in [2.45, 2.75) is 30.7 Å². The zero-order valence-electron chi connectivity index (χ0n) is 21.6. The van der Waals surface area contributed by atoms with Gasteiger partial charge in [-0.3, -0.25) is 14.4 Å². The van der Waals surface area contributed by atoms with Crippen molar-refractivity contribution in [2.24, 2.45) is 0 Å². The summed E-state index contributed by atoms with van der Waals surface area (Å²) in [5.74, 6) is -1.66. The van der Waals surface area contributed by atoms with Crippen LogP contribution in [-0.2, 0) is 24.9 Å². The number of ether oxygens (including phenoxy) is 4. The molecule has 2 atom stereocenters. The van der Waals surface area contributed by atoms with Gasteiger partial charge in [0.15, 0.2) is 11.5 Å². The average Bonchev–Trinajstić information content (AvgIpc) is 2.93. The molecule has 2 aromatic rings. The van der Waals surface area contributed by atoms with Gasteiger partial charge in [0.2, 0.25) is 11.7 Å². The Morgan fingerprint density at radius 1 is 0.895 bits per heavy atom. The number of aliphatic carboxylic acids is 1. The van der Waals surface area contributed by atoms with E-state index in [4.69, 9.17) is 24.1 Å². The Hall–Kier alpha value is -3.93. The summed E-state index contributed by atoms with van der Waals surface area (Å²) in [6.45, 7) is 0. The fourth-order valence-electron chi connectivity index (χ4n) is 3.44. The second-order valence-corrected chi connectivity index (χ2v) is 8.99. The van der Waals surface area contributed by atoms with E-state index in [1.807, 2.05) is 30.3 Å². The Bertz CT molecular complexity index is 1090. The minimum absolute atomic E-state index is 0.0931. The predicted molar refractivity (Wildman–Crippen MR) is 141 cm³/mol. The number of carboxylic acid groups (broad SMARTS) is 1. The summed E-state index contributed by atoms with van der Waals surface area (Å²) < 4.78 is 20.6. The van der Waals surface area contributed by atoms with Gasteiger partial charge in [-0.2, -0.15) is 11.8 Å². The second kappa shape index (κ2) is 15.4. The smallest absolute Gasteiger partial charge is 0.329 e. The number of thioether (sulfide) groups is 1. The maximum Gasteiger partial charge on any atom is 0.329 e. The summed E-state index contributed by atoms with van der Waals surface area (Å²) in [6, 6.07) is 10.1. The molecule has 0 aliphatic heterocycles. The van der Waals surface area contributed by atoms with Crippen molar-refractivity contribution in [3.05, 3.63) is 53.6 Å². The maximum atomic E-state index is 13.1. The van der Waals surface area contributed by atoms with Crippen molar-refractivity contribution in [1.82, 2.24) is 10.6 Å².